The van der Waals surface area contributed by atoms with E-state index in [1.165, 1.54) is 28.5 Å². The van der Waals surface area contributed by atoms with Gasteiger partial charge < -0.3 is 13.7 Å². The fraction of sp³-hybridized carbons (Fsp3) is 1.00. The second-order valence-corrected chi connectivity index (χ2v) is 5.67. The van der Waals surface area contributed by atoms with E-state index in [0.717, 1.165) is 38.6 Å². The summed E-state index contributed by atoms with van der Waals surface area (Å²) in [4.78, 5) is 0. The van der Waals surface area contributed by atoms with Gasteiger partial charge in [-0.05, 0) is 25.2 Å². The molecule has 1 heterocycles. The average molecular weight is 344 g/mol. The summed E-state index contributed by atoms with van der Waals surface area (Å²) in [6, 6.07) is 0. The van der Waals surface area contributed by atoms with Crippen molar-refractivity contribution in [3.63, 3.8) is 0 Å². The van der Waals surface area contributed by atoms with Gasteiger partial charge in [0.15, 0.2) is 5.79 Å². The first kappa shape index (κ1) is 12.4. The van der Waals surface area contributed by atoms with Crippen LogP contribution in [0.1, 0.15) is 32.1 Å². The average Bonchev–Trinajstić information content (AvgIpc) is 2.71. The maximum atomic E-state index is 5.70. The van der Waals surface area contributed by atoms with Crippen LogP contribution in [0.3, 0.4) is 0 Å². The van der Waals surface area contributed by atoms with Crippen LogP contribution in [0.4, 0.5) is 0 Å². The third-order valence-electron chi connectivity index (χ3n) is 3.33. The van der Waals surface area contributed by atoms with Crippen molar-refractivity contribution in [1.29, 1.82) is 0 Å². The molecule has 1 saturated heterocycles. The van der Waals surface area contributed by atoms with Crippen LogP contribution in [-0.4, -0.2) is 25.6 Å². The molecule has 15 heavy (non-hydrogen) atoms. The smallest absolute Gasteiger partial charge is 0.168 e. The molecule has 2 rings (SSSR count). The molecule has 0 atom stereocenters. The molecule has 0 bridgehead atoms. The van der Waals surface area contributed by atoms with Crippen LogP contribution in [-0.2, 0) is 13.7 Å². The highest BCUT2D eigenvalue weighted by atomic mass is 127. The molecule has 0 aromatic rings. The highest BCUT2D eigenvalue weighted by Gasteiger charge is 2.39. The summed E-state index contributed by atoms with van der Waals surface area (Å²) in [6.45, 7) is 2.42. The van der Waals surface area contributed by atoms with Crippen molar-refractivity contribution in [3.05, 3.63) is 0 Å². The van der Waals surface area contributed by atoms with Crippen LogP contribution < -0.4 is 0 Å². The molecule has 0 unspecified atom stereocenters. The zero-order chi connectivity index (χ0) is 10.6. The summed E-state index contributed by atoms with van der Waals surface area (Å²) < 4.78 is 16.7. The van der Waals surface area contributed by atoms with E-state index in [1.807, 2.05) is 0 Å². The van der Waals surface area contributed by atoms with E-state index in [1.54, 1.807) is 0 Å². The number of ether oxygens (including phenoxy) is 2. The molecular formula is C10H17IO3S. The Balaban J connectivity index is 1.67. The van der Waals surface area contributed by atoms with Crippen molar-refractivity contribution in [1.82, 2.24) is 0 Å². The van der Waals surface area contributed by atoms with E-state index < -0.39 is 0 Å². The maximum Gasteiger partial charge on any atom is 0.168 e. The van der Waals surface area contributed by atoms with Crippen molar-refractivity contribution in [3.8, 4) is 0 Å². The molecule has 0 radical (unpaired) electrons. The first-order chi connectivity index (χ1) is 7.35. The van der Waals surface area contributed by atoms with Crippen molar-refractivity contribution < 1.29 is 13.7 Å². The van der Waals surface area contributed by atoms with Crippen LogP contribution in [0.5, 0.6) is 0 Å². The lowest BCUT2D eigenvalue weighted by Gasteiger charge is -2.35. The number of rotatable bonds is 4. The monoisotopic (exact) mass is 344 g/mol. The molecule has 0 aromatic heterocycles. The molecule has 1 aliphatic carbocycles. The van der Waals surface area contributed by atoms with Gasteiger partial charge in [-0.25, -0.2) is 0 Å². The van der Waals surface area contributed by atoms with Crippen LogP contribution in [0.25, 0.3) is 0 Å². The Morgan fingerprint density at radius 1 is 1.27 bits per heavy atom. The largest absolute Gasteiger partial charge is 0.348 e. The summed E-state index contributed by atoms with van der Waals surface area (Å²) in [5, 5.41) is 0. The molecule has 1 aliphatic heterocycles. The van der Waals surface area contributed by atoms with Crippen LogP contribution >= 0.6 is 30.4 Å². The molecule has 88 valence electrons. The molecule has 1 saturated carbocycles. The second-order valence-electron chi connectivity index (χ2n) is 4.22. The predicted molar refractivity (Wildman–Crippen MR) is 68.8 cm³/mol. The Kier molecular flexibility index (Phi) is 5.00. The molecule has 2 fully saturated rings. The molecule has 1 spiro atoms. The lowest BCUT2D eigenvalue weighted by molar-refractivity contribution is -0.182. The molecular weight excluding hydrogens is 327 g/mol. The minimum atomic E-state index is -0.199. The molecule has 5 heteroatoms. The number of halogens is 1. The van der Waals surface area contributed by atoms with Gasteiger partial charge in [-0.2, -0.15) is 0 Å². The normalized spacial score (nSPS) is 26.2. The molecule has 0 aromatic carbocycles. The Labute approximate surface area is 107 Å². The first-order valence-corrected chi connectivity index (χ1v) is 8.81. The van der Waals surface area contributed by atoms with Crippen molar-refractivity contribution >= 4 is 30.4 Å². The highest BCUT2D eigenvalue weighted by Crippen LogP contribution is 2.39. The van der Waals surface area contributed by atoms with Gasteiger partial charge in [0, 0.05) is 34.0 Å². The highest BCUT2D eigenvalue weighted by molar-refractivity contribution is 14.2. The van der Waals surface area contributed by atoms with E-state index in [-0.39, 0.29) is 5.79 Å². The van der Waals surface area contributed by atoms with E-state index in [4.69, 9.17) is 13.7 Å². The van der Waals surface area contributed by atoms with E-state index in [2.05, 4.69) is 21.2 Å². The Morgan fingerprint density at radius 2 is 1.93 bits per heavy atom. The minimum Gasteiger partial charge on any atom is -0.348 e. The lowest BCUT2D eigenvalue weighted by Crippen LogP contribution is -2.35. The molecule has 0 N–H and O–H groups in total. The first-order valence-electron chi connectivity index (χ1n) is 5.53. The fourth-order valence-electron chi connectivity index (χ4n) is 2.44. The fourth-order valence-corrected chi connectivity index (χ4v) is 3.14. The SMILES string of the molecule is ISOCCC1CCC2(CC1)OCCO2. The zero-order valence-corrected chi connectivity index (χ0v) is 11.7. The number of hydrogen-bond donors (Lipinski definition) is 0. The van der Waals surface area contributed by atoms with E-state index in [9.17, 15) is 0 Å². The van der Waals surface area contributed by atoms with Gasteiger partial charge in [-0.15, -0.1) is 0 Å². The van der Waals surface area contributed by atoms with Gasteiger partial charge in [0.05, 0.1) is 29.0 Å². The number of hydrogen-bond acceptors (Lipinski definition) is 4. The van der Waals surface area contributed by atoms with Gasteiger partial charge in [0.2, 0.25) is 0 Å². The van der Waals surface area contributed by atoms with Crippen molar-refractivity contribution in [2.75, 3.05) is 19.8 Å². The second kappa shape index (κ2) is 6.05. The zero-order valence-electron chi connectivity index (χ0n) is 8.75. The topological polar surface area (TPSA) is 27.7 Å². The Bertz CT molecular complexity index is 187. The maximum absolute atomic E-state index is 5.70. The Hall–Kier alpha value is 0.960. The summed E-state index contributed by atoms with van der Waals surface area (Å²) in [7, 11) is 1.43. The predicted octanol–water partition coefficient (Wildman–Crippen LogP) is 3.32. The Morgan fingerprint density at radius 3 is 2.53 bits per heavy atom. The summed E-state index contributed by atoms with van der Waals surface area (Å²) in [5.74, 6) is 0.599. The van der Waals surface area contributed by atoms with Crippen LogP contribution in [0, 0.1) is 5.92 Å². The van der Waals surface area contributed by atoms with Crippen molar-refractivity contribution in [2.24, 2.45) is 5.92 Å². The third kappa shape index (κ3) is 3.46. The standard InChI is InChI=1S/C10H17IO3S/c11-15-14-6-3-9-1-4-10(5-2-9)12-7-8-13-10/h9H,1-8H2. The van der Waals surface area contributed by atoms with E-state index in [0.29, 0.717) is 0 Å². The van der Waals surface area contributed by atoms with Gasteiger partial charge in [0.25, 0.3) is 0 Å². The van der Waals surface area contributed by atoms with Crippen LogP contribution in [0.15, 0.2) is 0 Å². The molecule has 0 amide bonds. The quantitative estimate of drug-likeness (QED) is 0.444. The summed E-state index contributed by atoms with van der Waals surface area (Å²) >= 11 is 2.16. The van der Waals surface area contributed by atoms with Gasteiger partial charge >= 0.3 is 0 Å². The van der Waals surface area contributed by atoms with Gasteiger partial charge in [-0.1, -0.05) is 0 Å². The minimum absolute atomic E-state index is 0.199. The van der Waals surface area contributed by atoms with Gasteiger partial charge in [-0.3, -0.25) is 0 Å². The molecule has 3 nitrogen and oxygen atoms in total. The summed E-state index contributed by atoms with van der Waals surface area (Å²) in [5.41, 5.74) is 0. The van der Waals surface area contributed by atoms with E-state index >= 15 is 0 Å². The van der Waals surface area contributed by atoms with Gasteiger partial charge in [0.1, 0.15) is 0 Å². The molecule has 2 aliphatic rings. The lowest BCUT2D eigenvalue weighted by atomic mass is 9.83. The van der Waals surface area contributed by atoms with Crippen LogP contribution in [0.2, 0.25) is 0 Å². The van der Waals surface area contributed by atoms with Crippen molar-refractivity contribution in [2.45, 2.75) is 37.9 Å². The summed E-state index contributed by atoms with van der Waals surface area (Å²) in [6.07, 6.45) is 5.74. The third-order valence-corrected chi connectivity index (χ3v) is 4.35.